The van der Waals surface area contributed by atoms with Crippen LogP contribution in [0.3, 0.4) is 0 Å². The minimum absolute atomic E-state index is 0.0553. The van der Waals surface area contributed by atoms with Gasteiger partial charge in [0.05, 0.1) is 0 Å². The Labute approximate surface area is 120 Å². The Kier molecular flexibility index (Phi) is 10.6. The van der Waals surface area contributed by atoms with E-state index in [1.807, 2.05) is 0 Å². The molecule has 3 nitrogen and oxygen atoms in total. The van der Waals surface area contributed by atoms with Crippen molar-refractivity contribution in [2.24, 2.45) is 16.9 Å². The Morgan fingerprint density at radius 3 is 1.79 bits per heavy atom. The maximum atomic E-state index is 6.50. The summed E-state index contributed by atoms with van der Waals surface area (Å²) >= 11 is 0. The van der Waals surface area contributed by atoms with Gasteiger partial charge in [0.1, 0.15) is 0 Å². The van der Waals surface area contributed by atoms with Crippen molar-refractivity contribution in [1.82, 2.24) is 5.32 Å². The quantitative estimate of drug-likeness (QED) is 0.478. The van der Waals surface area contributed by atoms with Crippen LogP contribution in [0.2, 0.25) is 0 Å². The lowest BCUT2D eigenvalue weighted by molar-refractivity contribution is 0.142. The Morgan fingerprint density at radius 1 is 0.895 bits per heavy atom. The Balaban J connectivity index is 4.73. The van der Waals surface area contributed by atoms with Crippen LogP contribution in [-0.4, -0.2) is 25.2 Å². The molecular formula is C16H37N3. The fourth-order valence-corrected chi connectivity index (χ4v) is 3.01. The van der Waals surface area contributed by atoms with Gasteiger partial charge in [-0.05, 0) is 32.2 Å². The fraction of sp³-hybridized carbons (Fsp3) is 1.00. The number of nitrogens with two attached hydrogens (primary N) is 2. The summed E-state index contributed by atoms with van der Waals surface area (Å²) < 4.78 is 0. The van der Waals surface area contributed by atoms with E-state index in [9.17, 15) is 0 Å². The first-order valence-electron chi connectivity index (χ1n) is 8.30. The molecular weight excluding hydrogens is 234 g/mol. The van der Waals surface area contributed by atoms with Crippen molar-refractivity contribution >= 4 is 0 Å². The van der Waals surface area contributed by atoms with Gasteiger partial charge < -0.3 is 16.8 Å². The molecule has 5 N–H and O–H groups in total. The molecule has 0 aromatic heterocycles. The smallest absolute Gasteiger partial charge is 0.0127 e. The van der Waals surface area contributed by atoms with Gasteiger partial charge in [0.25, 0.3) is 0 Å². The monoisotopic (exact) mass is 271 g/mol. The lowest BCUT2D eigenvalue weighted by Gasteiger charge is -2.43. The SMILES string of the molecule is CCCCNCC(CC)(C(N)CCC)C(N)CCC. The van der Waals surface area contributed by atoms with E-state index in [0.29, 0.717) is 0 Å². The number of hydrogen-bond donors (Lipinski definition) is 3. The van der Waals surface area contributed by atoms with Gasteiger partial charge in [0, 0.05) is 24.0 Å². The van der Waals surface area contributed by atoms with Crippen molar-refractivity contribution in [1.29, 1.82) is 0 Å². The molecule has 0 rings (SSSR count). The van der Waals surface area contributed by atoms with Gasteiger partial charge in [-0.1, -0.05) is 47.0 Å². The average Bonchev–Trinajstić information content (AvgIpc) is 2.40. The number of unbranched alkanes of at least 4 members (excludes halogenated alkanes) is 1. The van der Waals surface area contributed by atoms with E-state index in [1.165, 1.54) is 12.8 Å². The second-order valence-electron chi connectivity index (χ2n) is 5.91. The highest BCUT2D eigenvalue weighted by atomic mass is 14.9. The molecule has 116 valence electrons. The van der Waals surface area contributed by atoms with Gasteiger partial charge in [-0.15, -0.1) is 0 Å². The van der Waals surface area contributed by atoms with Crippen LogP contribution in [0, 0.1) is 5.41 Å². The highest BCUT2D eigenvalue weighted by molar-refractivity contribution is 4.97. The second kappa shape index (κ2) is 10.6. The molecule has 0 aliphatic heterocycles. The van der Waals surface area contributed by atoms with Gasteiger partial charge in [-0.25, -0.2) is 0 Å². The minimum atomic E-state index is 0.0553. The average molecular weight is 271 g/mol. The molecule has 0 saturated heterocycles. The van der Waals surface area contributed by atoms with Crippen LogP contribution in [0.4, 0.5) is 0 Å². The molecule has 19 heavy (non-hydrogen) atoms. The topological polar surface area (TPSA) is 64.1 Å². The molecule has 0 aliphatic carbocycles. The molecule has 0 aromatic carbocycles. The molecule has 3 heteroatoms. The van der Waals surface area contributed by atoms with Crippen LogP contribution in [-0.2, 0) is 0 Å². The zero-order chi connectivity index (χ0) is 14.7. The molecule has 2 atom stereocenters. The molecule has 0 bridgehead atoms. The Morgan fingerprint density at radius 2 is 1.42 bits per heavy atom. The molecule has 0 radical (unpaired) electrons. The largest absolute Gasteiger partial charge is 0.327 e. The summed E-state index contributed by atoms with van der Waals surface area (Å²) in [6.45, 7) is 10.9. The standard InChI is InChI=1S/C16H37N3/c1-5-9-12-19-13-16(8-4,14(17)10-6-2)15(18)11-7-3/h14-15,19H,5-13,17-18H2,1-4H3. The Bertz CT molecular complexity index is 194. The number of rotatable bonds is 12. The van der Waals surface area contributed by atoms with Crippen LogP contribution in [0.25, 0.3) is 0 Å². The van der Waals surface area contributed by atoms with Crippen LogP contribution in [0.15, 0.2) is 0 Å². The highest BCUT2D eigenvalue weighted by Gasteiger charge is 2.39. The van der Waals surface area contributed by atoms with E-state index >= 15 is 0 Å². The molecule has 0 heterocycles. The third-order valence-corrected chi connectivity index (χ3v) is 4.50. The van der Waals surface area contributed by atoms with Crippen LogP contribution in [0.5, 0.6) is 0 Å². The van der Waals surface area contributed by atoms with E-state index in [2.05, 4.69) is 33.0 Å². The predicted octanol–water partition coefficient (Wildman–Crippen LogP) is 3.03. The maximum Gasteiger partial charge on any atom is 0.0127 e. The van der Waals surface area contributed by atoms with Gasteiger partial charge in [-0.3, -0.25) is 0 Å². The highest BCUT2D eigenvalue weighted by Crippen LogP contribution is 2.32. The summed E-state index contributed by atoms with van der Waals surface area (Å²) in [7, 11) is 0. The summed E-state index contributed by atoms with van der Waals surface area (Å²) in [5, 5.41) is 3.60. The first-order chi connectivity index (χ1) is 9.08. The molecule has 0 saturated carbocycles. The third-order valence-electron chi connectivity index (χ3n) is 4.50. The van der Waals surface area contributed by atoms with Crippen molar-refractivity contribution in [3.8, 4) is 0 Å². The Hall–Kier alpha value is -0.120. The van der Waals surface area contributed by atoms with Crippen LogP contribution < -0.4 is 16.8 Å². The minimum Gasteiger partial charge on any atom is -0.327 e. The van der Waals surface area contributed by atoms with Crippen molar-refractivity contribution in [3.05, 3.63) is 0 Å². The van der Waals surface area contributed by atoms with Crippen LogP contribution >= 0.6 is 0 Å². The van der Waals surface area contributed by atoms with Crippen molar-refractivity contribution in [2.45, 2.75) is 84.7 Å². The summed E-state index contributed by atoms with van der Waals surface area (Å²) in [6, 6.07) is 0.413. The lowest BCUT2D eigenvalue weighted by Crippen LogP contribution is -2.58. The summed E-state index contributed by atoms with van der Waals surface area (Å²) in [5.41, 5.74) is 13.1. The first-order valence-corrected chi connectivity index (χ1v) is 8.30. The molecule has 0 fully saturated rings. The van der Waals surface area contributed by atoms with E-state index < -0.39 is 0 Å². The van der Waals surface area contributed by atoms with Crippen molar-refractivity contribution in [3.63, 3.8) is 0 Å². The first kappa shape index (κ1) is 18.9. The van der Waals surface area contributed by atoms with Crippen molar-refractivity contribution < 1.29 is 0 Å². The second-order valence-corrected chi connectivity index (χ2v) is 5.91. The molecule has 0 aliphatic rings. The summed E-state index contributed by atoms with van der Waals surface area (Å²) in [4.78, 5) is 0. The van der Waals surface area contributed by atoms with E-state index in [-0.39, 0.29) is 17.5 Å². The van der Waals surface area contributed by atoms with Crippen molar-refractivity contribution in [2.75, 3.05) is 13.1 Å². The van der Waals surface area contributed by atoms with Gasteiger partial charge >= 0.3 is 0 Å². The normalized spacial score (nSPS) is 18.0. The van der Waals surface area contributed by atoms with E-state index in [1.54, 1.807) is 0 Å². The molecule has 0 amide bonds. The maximum absolute atomic E-state index is 6.50. The fourth-order valence-electron chi connectivity index (χ4n) is 3.01. The summed E-state index contributed by atoms with van der Waals surface area (Å²) in [5.74, 6) is 0. The van der Waals surface area contributed by atoms with Gasteiger partial charge in [-0.2, -0.15) is 0 Å². The molecule has 0 aromatic rings. The molecule has 0 spiro atoms. The van der Waals surface area contributed by atoms with Crippen LogP contribution in [0.1, 0.15) is 72.6 Å². The molecule has 2 unspecified atom stereocenters. The van der Waals surface area contributed by atoms with E-state index in [4.69, 9.17) is 11.5 Å². The zero-order valence-electron chi connectivity index (χ0n) is 13.7. The number of hydrogen-bond acceptors (Lipinski definition) is 3. The predicted molar refractivity (Wildman–Crippen MR) is 86.3 cm³/mol. The zero-order valence-corrected chi connectivity index (χ0v) is 13.7. The summed E-state index contributed by atoms with van der Waals surface area (Å²) in [6.07, 6.45) is 7.93. The third kappa shape index (κ3) is 5.80. The van der Waals surface area contributed by atoms with Gasteiger partial charge in [0.2, 0.25) is 0 Å². The lowest BCUT2D eigenvalue weighted by atomic mass is 9.69. The van der Waals surface area contributed by atoms with E-state index in [0.717, 1.165) is 45.2 Å². The number of nitrogens with one attached hydrogen (secondary N) is 1. The van der Waals surface area contributed by atoms with Gasteiger partial charge in [0.15, 0.2) is 0 Å².